The maximum absolute atomic E-state index is 11.2. The van der Waals surface area contributed by atoms with E-state index in [4.69, 9.17) is 4.74 Å². The third kappa shape index (κ3) is 3.46. The van der Waals surface area contributed by atoms with Gasteiger partial charge in [0.25, 0.3) is 0 Å². The predicted molar refractivity (Wildman–Crippen MR) is 77.6 cm³/mol. The lowest BCUT2D eigenvalue weighted by molar-refractivity contribution is 0.0688. The summed E-state index contributed by atoms with van der Waals surface area (Å²) in [5.41, 5.74) is 4.00. The highest BCUT2D eigenvalue weighted by molar-refractivity contribution is 5.86. The standard InChI is InChI=1S/C15H19N3O3/c1-10-4-5-11(2)12(8-10)9-18-13(6-7-21-3)14(15(19)20)16-17-18/h4-5,8H,6-7,9H2,1-3H3,(H,19,20). The minimum atomic E-state index is -1.06. The van der Waals surface area contributed by atoms with E-state index < -0.39 is 5.97 Å². The van der Waals surface area contributed by atoms with Gasteiger partial charge in [0.2, 0.25) is 0 Å². The first-order valence-corrected chi connectivity index (χ1v) is 6.73. The van der Waals surface area contributed by atoms with Crippen LogP contribution in [0.1, 0.15) is 32.9 Å². The summed E-state index contributed by atoms with van der Waals surface area (Å²) in [5, 5.41) is 16.9. The number of ether oxygens (including phenoxy) is 1. The Hall–Kier alpha value is -2.21. The van der Waals surface area contributed by atoms with Gasteiger partial charge in [-0.25, -0.2) is 9.48 Å². The average Bonchev–Trinajstić information content (AvgIpc) is 2.83. The van der Waals surface area contributed by atoms with Crippen molar-refractivity contribution in [1.82, 2.24) is 15.0 Å². The molecule has 0 saturated heterocycles. The number of aromatic nitrogens is 3. The van der Waals surface area contributed by atoms with Crippen LogP contribution < -0.4 is 0 Å². The van der Waals surface area contributed by atoms with Crippen molar-refractivity contribution in [2.45, 2.75) is 26.8 Å². The molecule has 21 heavy (non-hydrogen) atoms. The summed E-state index contributed by atoms with van der Waals surface area (Å²) in [6.45, 7) is 4.99. The molecule has 2 rings (SSSR count). The fraction of sp³-hybridized carbons (Fsp3) is 0.400. The van der Waals surface area contributed by atoms with Gasteiger partial charge in [0.15, 0.2) is 5.69 Å². The van der Waals surface area contributed by atoms with Crippen LogP contribution in [0.15, 0.2) is 18.2 Å². The third-order valence-electron chi connectivity index (χ3n) is 3.41. The number of carboxylic acids is 1. The second kappa shape index (κ2) is 6.49. The van der Waals surface area contributed by atoms with Gasteiger partial charge in [-0.05, 0) is 25.0 Å². The number of hydrogen-bond acceptors (Lipinski definition) is 4. The van der Waals surface area contributed by atoms with Crippen molar-refractivity contribution in [3.8, 4) is 0 Å². The quantitative estimate of drug-likeness (QED) is 0.878. The van der Waals surface area contributed by atoms with E-state index in [0.717, 1.165) is 16.7 Å². The molecule has 0 aliphatic carbocycles. The van der Waals surface area contributed by atoms with Crippen LogP contribution in [-0.4, -0.2) is 39.8 Å². The maximum Gasteiger partial charge on any atom is 0.358 e. The molecular formula is C15H19N3O3. The van der Waals surface area contributed by atoms with E-state index in [0.29, 0.717) is 25.3 Å². The van der Waals surface area contributed by atoms with Gasteiger partial charge in [-0.1, -0.05) is 29.0 Å². The fourth-order valence-electron chi connectivity index (χ4n) is 2.20. The number of aryl methyl sites for hydroxylation is 2. The van der Waals surface area contributed by atoms with Crippen LogP contribution in [0.25, 0.3) is 0 Å². The molecule has 0 fully saturated rings. The number of carbonyl (C=O) groups is 1. The first-order chi connectivity index (χ1) is 10.0. The molecule has 0 aliphatic rings. The maximum atomic E-state index is 11.2. The molecule has 0 atom stereocenters. The molecule has 1 aromatic heterocycles. The number of methoxy groups -OCH3 is 1. The van der Waals surface area contributed by atoms with Crippen molar-refractivity contribution in [3.05, 3.63) is 46.3 Å². The smallest absolute Gasteiger partial charge is 0.358 e. The highest BCUT2D eigenvalue weighted by Gasteiger charge is 2.19. The average molecular weight is 289 g/mol. The number of carboxylic acid groups (broad SMARTS) is 1. The van der Waals surface area contributed by atoms with E-state index in [1.54, 1.807) is 11.8 Å². The monoisotopic (exact) mass is 289 g/mol. The highest BCUT2D eigenvalue weighted by atomic mass is 16.5. The Bertz CT molecular complexity index is 650. The normalized spacial score (nSPS) is 10.8. The number of nitrogens with zero attached hydrogens (tertiary/aromatic N) is 3. The Morgan fingerprint density at radius 3 is 2.81 bits per heavy atom. The van der Waals surface area contributed by atoms with Crippen molar-refractivity contribution in [3.63, 3.8) is 0 Å². The molecule has 2 aromatic rings. The van der Waals surface area contributed by atoms with Gasteiger partial charge in [0.1, 0.15) is 0 Å². The van der Waals surface area contributed by atoms with E-state index in [2.05, 4.69) is 28.5 Å². The number of rotatable bonds is 6. The van der Waals surface area contributed by atoms with Crippen molar-refractivity contribution in [1.29, 1.82) is 0 Å². The number of benzene rings is 1. The zero-order chi connectivity index (χ0) is 15.4. The van der Waals surface area contributed by atoms with Gasteiger partial charge in [0.05, 0.1) is 18.8 Å². The molecule has 0 bridgehead atoms. The molecule has 1 aromatic carbocycles. The number of hydrogen-bond donors (Lipinski definition) is 1. The Morgan fingerprint density at radius 2 is 2.14 bits per heavy atom. The molecular weight excluding hydrogens is 270 g/mol. The molecule has 6 heteroatoms. The fourth-order valence-corrected chi connectivity index (χ4v) is 2.20. The van der Waals surface area contributed by atoms with E-state index in [1.807, 2.05) is 13.8 Å². The van der Waals surface area contributed by atoms with Crippen LogP contribution in [0, 0.1) is 13.8 Å². The van der Waals surface area contributed by atoms with E-state index in [-0.39, 0.29) is 5.69 Å². The van der Waals surface area contributed by atoms with Gasteiger partial charge in [-0.15, -0.1) is 5.10 Å². The Balaban J connectivity index is 2.34. The molecule has 0 aliphatic heterocycles. The Kier molecular flexibility index (Phi) is 4.70. The molecule has 112 valence electrons. The van der Waals surface area contributed by atoms with Crippen molar-refractivity contribution < 1.29 is 14.6 Å². The molecule has 0 saturated carbocycles. The minimum absolute atomic E-state index is 0.00245. The summed E-state index contributed by atoms with van der Waals surface area (Å²) >= 11 is 0. The van der Waals surface area contributed by atoms with Gasteiger partial charge in [-0.3, -0.25) is 0 Å². The second-order valence-electron chi connectivity index (χ2n) is 5.02. The van der Waals surface area contributed by atoms with Gasteiger partial charge < -0.3 is 9.84 Å². The van der Waals surface area contributed by atoms with Gasteiger partial charge in [-0.2, -0.15) is 0 Å². The zero-order valence-corrected chi connectivity index (χ0v) is 12.5. The second-order valence-corrected chi connectivity index (χ2v) is 5.02. The molecule has 1 N–H and O–H groups in total. The van der Waals surface area contributed by atoms with Crippen molar-refractivity contribution >= 4 is 5.97 Å². The molecule has 0 unspecified atom stereocenters. The zero-order valence-electron chi connectivity index (χ0n) is 12.5. The largest absolute Gasteiger partial charge is 0.476 e. The van der Waals surface area contributed by atoms with E-state index in [9.17, 15) is 9.90 Å². The minimum Gasteiger partial charge on any atom is -0.476 e. The van der Waals surface area contributed by atoms with Crippen LogP contribution >= 0.6 is 0 Å². The molecule has 0 radical (unpaired) electrons. The molecule has 0 amide bonds. The first kappa shape index (κ1) is 15.2. The summed E-state index contributed by atoms with van der Waals surface area (Å²) in [5.74, 6) is -1.06. The van der Waals surface area contributed by atoms with Crippen molar-refractivity contribution in [2.75, 3.05) is 13.7 Å². The summed E-state index contributed by atoms with van der Waals surface area (Å²) in [6, 6.07) is 6.18. The lowest BCUT2D eigenvalue weighted by Gasteiger charge is -2.10. The predicted octanol–water partition coefficient (Wildman–Crippen LogP) is 1.83. The van der Waals surface area contributed by atoms with Crippen LogP contribution in [0.5, 0.6) is 0 Å². The van der Waals surface area contributed by atoms with Crippen LogP contribution in [0.3, 0.4) is 0 Å². The molecule has 1 heterocycles. The van der Waals surface area contributed by atoms with Crippen LogP contribution in [0.2, 0.25) is 0 Å². The SMILES string of the molecule is COCCc1c(C(=O)O)nnn1Cc1cc(C)ccc1C. The highest BCUT2D eigenvalue weighted by Crippen LogP contribution is 2.15. The van der Waals surface area contributed by atoms with Gasteiger partial charge >= 0.3 is 5.97 Å². The Labute approximate surface area is 123 Å². The number of aromatic carboxylic acids is 1. The van der Waals surface area contributed by atoms with Crippen LogP contribution in [0.4, 0.5) is 0 Å². The first-order valence-electron chi connectivity index (χ1n) is 6.73. The summed E-state index contributed by atoms with van der Waals surface area (Å²) in [7, 11) is 1.58. The lowest BCUT2D eigenvalue weighted by atomic mass is 10.1. The molecule has 0 spiro atoms. The topological polar surface area (TPSA) is 77.2 Å². The summed E-state index contributed by atoms with van der Waals surface area (Å²) in [4.78, 5) is 11.2. The lowest BCUT2D eigenvalue weighted by Crippen LogP contribution is -2.12. The van der Waals surface area contributed by atoms with Crippen molar-refractivity contribution in [2.24, 2.45) is 0 Å². The Morgan fingerprint density at radius 1 is 1.38 bits per heavy atom. The summed E-state index contributed by atoms with van der Waals surface area (Å²) < 4.78 is 6.68. The van der Waals surface area contributed by atoms with Gasteiger partial charge in [0, 0.05) is 13.5 Å². The van der Waals surface area contributed by atoms with E-state index >= 15 is 0 Å². The van der Waals surface area contributed by atoms with Crippen LogP contribution in [-0.2, 0) is 17.7 Å². The molecule has 6 nitrogen and oxygen atoms in total. The van der Waals surface area contributed by atoms with E-state index in [1.165, 1.54) is 0 Å². The summed E-state index contributed by atoms with van der Waals surface area (Å²) in [6.07, 6.45) is 0.468. The third-order valence-corrected chi connectivity index (χ3v) is 3.41.